The van der Waals surface area contributed by atoms with Gasteiger partial charge < -0.3 is 4.90 Å². The van der Waals surface area contributed by atoms with Crippen molar-refractivity contribution in [1.82, 2.24) is 19.9 Å². The Morgan fingerprint density at radius 3 is 2.90 bits per heavy atom. The van der Waals surface area contributed by atoms with Crippen LogP contribution in [0.2, 0.25) is 0 Å². The molecule has 21 heavy (non-hydrogen) atoms. The number of rotatable bonds is 5. The lowest BCUT2D eigenvalue weighted by Gasteiger charge is -2.06. The van der Waals surface area contributed by atoms with Crippen molar-refractivity contribution in [3.8, 4) is 0 Å². The Bertz CT molecular complexity index is 657. The quantitative estimate of drug-likeness (QED) is 0.669. The van der Waals surface area contributed by atoms with E-state index in [-0.39, 0.29) is 11.8 Å². The predicted molar refractivity (Wildman–Crippen MR) is 83.6 cm³/mol. The second kappa shape index (κ2) is 6.49. The normalized spacial score (nSPS) is 11.9. The molecule has 6 heteroatoms. The van der Waals surface area contributed by atoms with E-state index in [2.05, 4.69) is 29.5 Å². The standard InChI is InChI=1S/C15H21N5O/c1-11(2)15-12(9-16-17-14(21)10-19(3)4)13-7-5-6-8-20(13)18-15/h5-9,11H,10H2,1-4H3,(H,17,21). The molecule has 1 amide bonds. The molecule has 2 aromatic heterocycles. The molecular formula is C15H21N5O. The molecule has 0 fully saturated rings. The van der Waals surface area contributed by atoms with Gasteiger partial charge in [0.2, 0.25) is 0 Å². The van der Waals surface area contributed by atoms with Gasteiger partial charge in [-0.2, -0.15) is 10.2 Å². The van der Waals surface area contributed by atoms with Gasteiger partial charge in [0.1, 0.15) is 0 Å². The van der Waals surface area contributed by atoms with E-state index in [4.69, 9.17) is 0 Å². The van der Waals surface area contributed by atoms with E-state index < -0.39 is 0 Å². The molecule has 0 aliphatic rings. The van der Waals surface area contributed by atoms with Crippen LogP contribution < -0.4 is 5.43 Å². The number of carbonyl (C=O) groups excluding carboxylic acids is 1. The number of carbonyl (C=O) groups is 1. The maximum absolute atomic E-state index is 11.6. The zero-order valence-electron chi connectivity index (χ0n) is 12.9. The van der Waals surface area contributed by atoms with Crippen molar-refractivity contribution in [3.63, 3.8) is 0 Å². The van der Waals surface area contributed by atoms with Crippen molar-refractivity contribution < 1.29 is 4.79 Å². The average molecular weight is 287 g/mol. The lowest BCUT2D eigenvalue weighted by Crippen LogP contribution is -2.30. The van der Waals surface area contributed by atoms with Crippen LogP contribution in [0.4, 0.5) is 0 Å². The van der Waals surface area contributed by atoms with Gasteiger partial charge >= 0.3 is 0 Å². The minimum atomic E-state index is -0.140. The molecule has 2 heterocycles. The third kappa shape index (κ3) is 3.66. The highest BCUT2D eigenvalue weighted by molar-refractivity contribution is 5.92. The van der Waals surface area contributed by atoms with E-state index in [0.29, 0.717) is 6.54 Å². The summed E-state index contributed by atoms with van der Waals surface area (Å²) in [5.74, 6) is 0.141. The van der Waals surface area contributed by atoms with Crippen LogP contribution in [0.15, 0.2) is 29.5 Å². The van der Waals surface area contributed by atoms with Gasteiger partial charge in [-0.1, -0.05) is 19.9 Å². The fourth-order valence-electron chi connectivity index (χ4n) is 2.09. The predicted octanol–water partition coefficient (Wildman–Crippen LogP) is 1.47. The second-order valence-electron chi connectivity index (χ2n) is 5.52. The molecule has 0 saturated heterocycles. The van der Waals surface area contributed by atoms with E-state index in [1.807, 2.05) is 43.0 Å². The van der Waals surface area contributed by atoms with Crippen LogP contribution in [0, 0.1) is 0 Å². The van der Waals surface area contributed by atoms with Gasteiger partial charge in [0.05, 0.1) is 24.0 Å². The van der Waals surface area contributed by atoms with Crippen LogP contribution in [-0.4, -0.2) is 47.3 Å². The van der Waals surface area contributed by atoms with Crippen molar-refractivity contribution in [2.75, 3.05) is 20.6 Å². The van der Waals surface area contributed by atoms with E-state index in [0.717, 1.165) is 16.8 Å². The number of aromatic nitrogens is 2. The van der Waals surface area contributed by atoms with Gasteiger partial charge in [-0.25, -0.2) is 9.94 Å². The molecule has 6 nitrogen and oxygen atoms in total. The molecule has 0 spiro atoms. The smallest absolute Gasteiger partial charge is 0.254 e. The summed E-state index contributed by atoms with van der Waals surface area (Å²) in [6.45, 7) is 4.48. The zero-order chi connectivity index (χ0) is 15.4. The van der Waals surface area contributed by atoms with Gasteiger partial charge in [-0.3, -0.25) is 4.79 Å². The molecule has 1 N–H and O–H groups in total. The van der Waals surface area contributed by atoms with Crippen LogP contribution in [0.3, 0.4) is 0 Å². The number of nitrogens with zero attached hydrogens (tertiary/aromatic N) is 4. The first kappa shape index (κ1) is 15.2. The number of fused-ring (bicyclic) bond motifs is 1. The van der Waals surface area contributed by atoms with Crippen LogP contribution in [0.5, 0.6) is 0 Å². The Morgan fingerprint density at radius 2 is 2.24 bits per heavy atom. The van der Waals surface area contributed by atoms with Crippen molar-refractivity contribution in [2.24, 2.45) is 5.10 Å². The number of hydrazone groups is 1. The molecule has 2 rings (SSSR count). The average Bonchev–Trinajstić information content (AvgIpc) is 2.77. The summed E-state index contributed by atoms with van der Waals surface area (Å²) in [4.78, 5) is 13.4. The Balaban J connectivity index is 2.24. The number of amides is 1. The first-order valence-electron chi connectivity index (χ1n) is 6.93. The number of pyridine rings is 1. The molecule has 0 radical (unpaired) electrons. The number of hydrogen-bond donors (Lipinski definition) is 1. The van der Waals surface area contributed by atoms with Crippen LogP contribution in [0.25, 0.3) is 5.52 Å². The molecular weight excluding hydrogens is 266 g/mol. The molecule has 112 valence electrons. The van der Waals surface area contributed by atoms with Gasteiger partial charge in [0.25, 0.3) is 5.91 Å². The van der Waals surface area contributed by atoms with E-state index >= 15 is 0 Å². The van der Waals surface area contributed by atoms with E-state index in [9.17, 15) is 4.79 Å². The van der Waals surface area contributed by atoms with Crippen molar-refractivity contribution >= 4 is 17.6 Å². The van der Waals surface area contributed by atoms with Crippen LogP contribution in [0.1, 0.15) is 31.0 Å². The van der Waals surface area contributed by atoms with E-state index in [1.54, 1.807) is 11.1 Å². The van der Waals surface area contributed by atoms with E-state index in [1.165, 1.54) is 0 Å². The summed E-state index contributed by atoms with van der Waals surface area (Å²) in [6, 6.07) is 5.88. The minimum Gasteiger partial charge on any atom is -0.301 e. The highest BCUT2D eigenvalue weighted by atomic mass is 16.2. The third-order valence-electron chi connectivity index (χ3n) is 3.00. The molecule has 0 atom stereocenters. The first-order chi connectivity index (χ1) is 9.99. The first-order valence-corrected chi connectivity index (χ1v) is 6.93. The highest BCUT2D eigenvalue weighted by Gasteiger charge is 2.13. The largest absolute Gasteiger partial charge is 0.301 e. The van der Waals surface area contributed by atoms with Gasteiger partial charge in [0, 0.05) is 11.8 Å². The molecule has 0 saturated carbocycles. The fraction of sp³-hybridized carbons (Fsp3) is 0.400. The summed E-state index contributed by atoms with van der Waals surface area (Å²) in [5, 5.41) is 8.62. The maximum atomic E-state index is 11.6. The number of hydrogen-bond acceptors (Lipinski definition) is 4. The maximum Gasteiger partial charge on any atom is 0.254 e. The highest BCUT2D eigenvalue weighted by Crippen LogP contribution is 2.20. The molecule has 0 aliphatic carbocycles. The third-order valence-corrected chi connectivity index (χ3v) is 3.00. The molecule has 0 aliphatic heterocycles. The van der Waals surface area contributed by atoms with Gasteiger partial charge in [-0.15, -0.1) is 0 Å². The SMILES string of the molecule is CC(C)c1nn2ccccc2c1C=NNC(=O)CN(C)C. The molecule has 2 aromatic rings. The minimum absolute atomic E-state index is 0.140. The number of nitrogens with one attached hydrogen (secondary N) is 1. The summed E-state index contributed by atoms with van der Waals surface area (Å²) in [7, 11) is 3.68. The van der Waals surface area contributed by atoms with Gasteiger partial charge in [0.15, 0.2) is 0 Å². The fourth-order valence-corrected chi connectivity index (χ4v) is 2.09. The lowest BCUT2D eigenvalue weighted by atomic mass is 10.1. The Labute approximate surface area is 124 Å². The van der Waals surface area contributed by atoms with Gasteiger partial charge in [-0.05, 0) is 32.1 Å². The summed E-state index contributed by atoms with van der Waals surface area (Å²) in [5.41, 5.74) is 5.42. The molecule has 0 aromatic carbocycles. The summed E-state index contributed by atoms with van der Waals surface area (Å²) in [6.07, 6.45) is 3.58. The van der Waals surface area contributed by atoms with Crippen LogP contribution in [-0.2, 0) is 4.79 Å². The van der Waals surface area contributed by atoms with Crippen LogP contribution >= 0.6 is 0 Å². The van der Waals surface area contributed by atoms with Crippen molar-refractivity contribution in [1.29, 1.82) is 0 Å². The number of likely N-dealkylation sites (N-methyl/N-ethyl adjacent to an activating group) is 1. The molecule has 0 bridgehead atoms. The molecule has 0 unspecified atom stereocenters. The Morgan fingerprint density at radius 1 is 1.48 bits per heavy atom. The Hall–Kier alpha value is -2.21. The van der Waals surface area contributed by atoms with Crippen molar-refractivity contribution in [2.45, 2.75) is 19.8 Å². The van der Waals surface area contributed by atoms with Crippen molar-refractivity contribution in [3.05, 3.63) is 35.7 Å². The summed E-state index contributed by atoms with van der Waals surface area (Å²) >= 11 is 0. The topological polar surface area (TPSA) is 62.0 Å². The summed E-state index contributed by atoms with van der Waals surface area (Å²) < 4.78 is 1.83. The monoisotopic (exact) mass is 287 g/mol. The second-order valence-corrected chi connectivity index (χ2v) is 5.52. The zero-order valence-corrected chi connectivity index (χ0v) is 12.9. The lowest BCUT2D eigenvalue weighted by molar-refractivity contribution is -0.121. The Kier molecular flexibility index (Phi) is 4.70.